The Labute approximate surface area is 139 Å². The molecule has 0 radical (unpaired) electrons. The lowest BCUT2D eigenvalue weighted by Gasteiger charge is -2.37. The van der Waals surface area contributed by atoms with Crippen molar-refractivity contribution < 1.29 is 5.11 Å². The van der Waals surface area contributed by atoms with Crippen LogP contribution < -0.4 is 0 Å². The first-order valence-corrected chi connectivity index (χ1v) is 9.19. The highest BCUT2D eigenvalue weighted by atomic mass is 79.9. The van der Waals surface area contributed by atoms with Gasteiger partial charge in [-0.15, -0.1) is 0 Å². The van der Waals surface area contributed by atoms with Gasteiger partial charge in [0.25, 0.3) is 0 Å². The van der Waals surface area contributed by atoms with Gasteiger partial charge in [0.2, 0.25) is 0 Å². The molecule has 2 rings (SSSR count). The van der Waals surface area contributed by atoms with Gasteiger partial charge in [-0.05, 0) is 31.0 Å². The number of halogens is 2. The van der Waals surface area contributed by atoms with Gasteiger partial charge in [-0.3, -0.25) is 4.90 Å². The van der Waals surface area contributed by atoms with Crippen molar-refractivity contribution in [1.29, 1.82) is 0 Å². The summed E-state index contributed by atoms with van der Waals surface area (Å²) < 4.78 is 0.939. The summed E-state index contributed by atoms with van der Waals surface area (Å²) in [5, 5.41) is 11.6. The van der Waals surface area contributed by atoms with Gasteiger partial charge in [0.1, 0.15) is 0 Å². The minimum atomic E-state index is -0.493. The summed E-state index contributed by atoms with van der Waals surface area (Å²) >= 11 is 11.6. The van der Waals surface area contributed by atoms with Crippen molar-refractivity contribution in [2.24, 2.45) is 0 Å². The molecule has 0 spiro atoms. The van der Waals surface area contributed by atoms with Crippen LogP contribution in [0.5, 0.6) is 0 Å². The molecule has 0 bridgehead atoms. The topological polar surface area (TPSA) is 23.5 Å². The summed E-state index contributed by atoms with van der Waals surface area (Å²) in [6.45, 7) is 6.58. The van der Waals surface area contributed by atoms with E-state index < -0.39 is 6.10 Å². The molecule has 1 aromatic rings. The normalized spacial score (nSPS) is 25.6. The number of aliphatic hydroxyl groups excluding tert-OH is 1. The van der Waals surface area contributed by atoms with Crippen LogP contribution in [0.4, 0.5) is 0 Å². The van der Waals surface area contributed by atoms with E-state index in [9.17, 15) is 5.11 Å². The summed E-state index contributed by atoms with van der Waals surface area (Å²) in [6.07, 6.45) is 0.232. The number of aliphatic hydroxyl groups is 1. The van der Waals surface area contributed by atoms with E-state index in [1.54, 1.807) is 0 Å². The first-order valence-electron chi connectivity index (χ1n) is 6.97. The van der Waals surface area contributed by atoms with E-state index in [1.165, 1.54) is 5.75 Å². The molecule has 1 aliphatic heterocycles. The van der Waals surface area contributed by atoms with E-state index in [4.69, 9.17) is 11.6 Å². The van der Waals surface area contributed by atoms with Crippen molar-refractivity contribution >= 4 is 39.3 Å². The maximum Gasteiger partial charge on any atom is 0.0816 e. The minimum absolute atomic E-state index is 0.493. The molecule has 0 aliphatic carbocycles. The first-order chi connectivity index (χ1) is 9.49. The Kier molecular flexibility index (Phi) is 6.24. The molecule has 1 heterocycles. The van der Waals surface area contributed by atoms with Crippen LogP contribution in [0.15, 0.2) is 22.7 Å². The van der Waals surface area contributed by atoms with Gasteiger partial charge in [-0.25, -0.2) is 0 Å². The van der Waals surface area contributed by atoms with Crippen LogP contribution in [0.3, 0.4) is 0 Å². The van der Waals surface area contributed by atoms with E-state index in [1.807, 2.05) is 30.0 Å². The third kappa shape index (κ3) is 4.14. The average molecular weight is 379 g/mol. The molecule has 1 aromatic carbocycles. The second-order valence-electron chi connectivity index (χ2n) is 5.32. The van der Waals surface area contributed by atoms with Gasteiger partial charge in [-0.2, -0.15) is 11.8 Å². The van der Waals surface area contributed by atoms with Gasteiger partial charge in [0, 0.05) is 39.6 Å². The number of thioether (sulfide) groups is 1. The number of hydrogen-bond donors (Lipinski definition) is 1. The van der Waals surface area contributed by atoms with Crippen LogP contribution >= 0.6 is 39.3 Å². The number of nitrogens with zero attached hydrogens (tertiary/aromatic N) is 1. The Morgan fingerprint density at radius 2 is 2.25 bits per heavy atom. The second kappa shape index (κ2) is 7.50. The zero-order valence-electron chi connectivity index (χ0n) is 11.9. The fourth-order valence-corrected chi connectivity index (χ4v) is 4.49. The van der Waals surface area contributed by atoms with E-state index in [2.05, 4.69) is 34.7 Å². The Morgan fingerprint density at radius 3 is 2.95 bits per heavy atom. The van der Waals surface area contributed by atoms with Crippen LogP contribution in [0.1, 0.15) is 31.9 Å². The van der Waals surface area contributed by atoms with E-state index in [0.717, 1.165) is 29.5 Å². The summed E-state index contributed by atoms with van der Waals surface area (Å²) in [7, 11) is 0. The molecule has 1 aliphatic rings. The molecular weight excluding hydrogens is 358 g/mol. The van der Waals surface area contributed by atoms with Crippen LogP contribution in [0.25, 0.3) is 0 Å². The third-order valence-electron chi connectivity index (χ3n) is 4.03. The molecule has 0 amide bonds. The van der Waals surface area contributed by atoms with Crippen molar-refractivity contribution in [2.75, 3.05) is 18.8 Å². The smallest absolute Gasteiger partial charge is 0.0816 e. The molecule has 20 heavy (non-hydrogen) atoms. The highest BCUT2D eigenvalue weighted by Crippen LogP contribution is 2.30. The molecule has 5 heteroatoms. The highest BCUT2D eigenvalue weighted by molar-refractivity contribution is 9.10. The lowest BCUT2D eigenvalue weighted by Crippen LogP contribution is -2.45. The summed E-state index contributed by atoms with van der Waals surface area (Å²) in [5.74, 6) is 1.18. The minimum Gasteiger partial charge on any atom is -0.388 e. The van der Waals surface area contributed by atoms with Gasteiger partial charge in [0.05, 0.1) is 6.10 Å². The van der Waals surface area contributed by atoms with Crippen molar-refractivity contribution in [1.82, 2.24) is 4.90 Å². The van der Waals surface area contributed by atoms with Crippen molar-refractivity contribution in [3.05, 3.63) is 33.3 Å². The van der Waals surface area contributed by atoms with Crippen molar-refractivity contribution in [2.45, 2.75) is 37.7 Å². The summed E-state index contributed by atoms with van der Waals surface area (Å²) in [5.41, 5.74) is 0.821. The number of hydrogen-bond acceptors (Lipinski definition) is 3. The monoisotopic (exact) mass is 377 g/mol. The Morgan fingerprint density at radius 1 is 1.50 bits per heavy atom. The van der Waals surface area contributed by atoms with Crippen LogP contribution in [-0.2, 0) is 0 Å². The summed E-state index contributed by atoms with van der Waals surface area (Å²) in [6, 6.07) is 6.23. The number of benzene rings is 1. The van der Waals surface area contributed by atoms with E-state index in [0.29, 0.717) is 16.3 Å². The predicted molar refractivity (Wildman–Crippen MR) is 91.7 cm³/mol. The van der Waals surface area contributed by atoms with Crippen molar-refractivity contribution in [3.8, 4) is 0 Å². The standard InChI is InChI=1S/C15H21BrClNOS/c1-10-11(2)20-8-7-18(10)6-5-15(19)13-4-3-12(16)9-14(13)17/h3-4,9-11,15,19H,5-8H2,1-2H3. The maximum atomic E-state index is 10.3. The highest BCUT2D eigenvalue weighted by Gasteiger charge is 2.25. The van der Waals surface area contributed by atoms with Gasteiger partial charge >= 0.3 is 0 Å². The molecule has 1 N–H and O–H groups in total. The average Bonchev–Trinajstić information content (AvgIpc) is 2.40. The predicted octanol–water partition coefficient (Wildman–Crippen LogP) is 4.35. The first kappa shape index (κ1) is 16.6. The van der Waals surface area contributed by atoms with Crippen molar-refractivity contribution in [3.63, 3.8) is 0 Å². The quantitative estimate of drug-likeness (QED) is 0.842. The largest absolute Gasteiger partial charge is 0.388 e. The van der Waals surface area contributed by atoms with Gasteiger partial charge in [0.15, 0.2) is 0 Å². The SMILES string of the molecule is CC1SCCN(CCC(O)c2ccc(Br)cc2Cl)C1C. The summed E-state index contributed by atoms with van der Waals surface area (Å²) in [4.78, 5) is 2.47. The molecule has 1 fully saturated rings. The molecule has 1 saturated heterocycles. The lowest BCUT2D eigenvalue weighted by molar-refractivity contribution is 0.128. The fourth-order valence-electron chi connectivity index (χ4n) is 2.53. The van der Waals surface area contributed by atoms with E-state index >= 15 is 0 Å². The van der Waals surface area contributed by atoms with Gasteiger partial charge < -0.3 is 5.11 Å². The third-order valence-corrected chi connectivity index (χ3v) is 6.18. The Balaban J connectivity index is 1.93. The molecule has 0 saturated carbocycles. The van der Waals surface area contributed by atoms with Crippen LogP contribution in [-0.4, -0.2) is 40.1 Å². The van der Waals surface area contributed by atoms with Crippen LogP contribution in [0, 0.1) is 0 Å². The van der Waals surface area contributed by atoms with E-state index in [-0.39, 0.29) is 0 Å². The fraction of sp³-hybridized carbons (Fsp3) is 0.600. The zero-order chi connectivity index (χ0) is 14.7. The van der Waals surface area contributed by atoms with Crippen LogP contribution in [0.2, 0.25) is 5.02 Å². The Bertz CT molecular complexity index is 459. The number of rotatable bonds is 4. The Hall–Kier alpha value is 0.260. The zero-order valence-corrected chi connectivity index (χ0v) is 15.0. The molecule has 2 nitrogen and oxygen atoms in total. The molecule has 3 atom stereocenters. The lowest BCUT2D eigenvalue weighted by atomic mass is 10.1. The maximum absolute atomic E-state index is 10.3. The molecule has 0 aromatic heterocycles. The van der Waals surface area contributed by atoms with Gasteiger partial charge in [-0.1, -0.05) is 40.5 Å². The second-order valence-corrected chi connectivity index (χ2v) is 8.13. The molecule has 3 unspecified atom stereocenters. The molecule has 112 valence electrons. The molecular formula is C15H21BrClNOS.